The molecule has 0 atom stereocenters. The number of halogens is 4. The second-order valence-electron chi connectivity index (χ2n) is 6.15. The molecule has 22 heavy (non-hydrogen) atoms. The van der Waals surface area contributed by atoms with Crippen LogP contribution in [0.15, 0.2) is 30.3 Å². The van der Waals surface area contributed by atoms with E-state index in [9.17, 15) is 0 Å². The number of hydrogen-bond donors (Lipinski definition) is 1. The first-order chi connectivity index (χ1) is 10.2. The summed E-state index contributed by atoms with van der Waals surface area (Å²) < 4.78 is 0. The van der Waals surface area contributed by atoms with E-state index in [-0.39, 0.29) is 15.5 Å². The Bertz CT molecular complexity index is 673. The Morgan fingerprint density at radius 2 is 1.45 bits per heavy atom. The molecule has 0 aliphatic heterocycles. The number of anilines is 1. The third-order valence-corrected chi connectivity index (χ3v) is 5.16. The predicted molar refractivity (Wildman–Crippen MR) is 99.0 cm³/mol. The number of hydrogen-bond acceptors (Lipinski definition) is 1. The maximum atomic E-state index is 6.18. The zero-order valence-corrected chi connectivity index (χ0v) is 15.6. The Labute approximate surface area is 151 Å². The van der Waals surface area contributed by atoms with Gasteiger partial charge >= 0.3 is 0 Å². The summed E-state index contributed by atoms with van der Waals surface area (Å²) in [6.45, 7) is 7.20. The minimum atomic E-state index is 0.145. The Balaban J connectivity index is 2.14. The lowest BCUT2D eigenvalue weighted by molar-refractivity contribution is 0.590. The van der Waals surface area contributed by atoms with Gasteiger partial charge in [0.1, 0.15) is 0 Å². The first kappa shape index (κ1) is 17.7. The third kappa shape index (κ3) is 4.02. The molecule has 2 aromatic rings. The molecule has 1 nitrogen and oxygen atoms in total. The molecular weight excluding hydrogens is 360 g/mol. The second-order valence-corrected chi connectivity index (χ2v) is 7.69. The molecule has 0 radical (unpaired) electrons. The molecule has 0 unspecified atom stereocenters. The van der Waals surface area contributed by atoms with Gasteiger partial charge in [-0.25, -0.2) is 0 Å². The van der Waals surface area contributed by atoms with E-state index in [4.69, 9.17) is 46.4 Å². The SMILES string of the molecule is CC(C)(C)c1ccc(CNc2cc(Cl)c(Cl)c(Cl)c2Cl)cc1. The maximum absolute atomic E-state index is 6.18. The highest BCUT2D eigenvalue weighted by Gasteiger charge is 2.14. The highest BCUT2D eigenvalue weighted by Crippen LogP contribution is 2.40. The molecule has 0 saturated heterocycles. The van der Waals surface area contributed by atoms with Crippen LogP contribution in [0, 0.1) is 0 Å². The van der Waals surface area contributed by atoms with E-state index in [1.807, 2.05) is 0 Å². The quantitative estimate of drug-likeness (QED) is 0.440. The van der Waals surface area contributed by atoms with Crippen molar-refractivity contribution in [2.24, 2.45) is 0 Å². The van der Waals surface area contributed by atoms with Crippen molar-refractivity contribution in [1.29, 1.82) is 0 Å². The van der Waals surface area contributed by atoms with Gasteiger partial charge in [0.2, 0.25) is 0 Å². The highest BCUT2D eigenvalue weighted by molar-refractivity contribution is 6.52. The van der Waals surface area contributed by atoms with Gasteiger partial charge in [-0.2, -0.15) is 0 Å². The van der Waals surface area contributed by atoms with Gasteiger partial charge in [-0.3, -0.25) is 0 Å². The molecule has 118 valence electrons. The maximum Gasteiger partial charge on any atom is 0.0840 e. The van der Waals surface area contributed by atoms with Gasteiger partial charge in [0.25, 0.3) is 0 Å². The third-order valence-electron chi connectivity index (χ3n) is 3.41. The highest BCUT2D eigenvalue weighted by atomic mass is 35.5. The average Bonchev–Trinajstić information content (AvgIpc) is 2.47. The van der Waals surface area contributed by atoms with E-state index >= 15 is 0 Å². The summed E-state index contributed by atoms with van der Waals surface area (Å²) in [6, 6.07) is 10.2. The second kappa shape index (κ2) is 6.88. The van der Waals surface area contributed by atoms with Gasteiger partial charge < -0.3 is 5.32 Å². The molecule has 0 amide bonds. The Morgan fingerprint density at radius 1 is 0.864 bits per heavy atom. The van der Waals surface area contributed by atoms with Crippen molar-refractivity contribution in [3.8, 4) is 0 Å². The molecule has 0 heterocycles. The van der Waals surface area contributed by atoms with Crippen molar-refractivity contribution >= 4 is 52.1 Å². The van der Waals surface area contributed by atoms with Crippen LogP contribution in [-0.4, -0.2) is 0 Å². The first-order valence-corrected chi connectivity index (χ1v) is 8.37. The van der Waals surface area contributed by atoms with Crippen LogP contribution in [-0.2, 0) is 12.0 Å². The van der Waals surface area contributed by atoms with E-state index in [0.29, 0.717) is 22.3 Å². The van der Waals surface area contributed by atoms with Crippen LogP contribution in [0.3, 0.4) is 0 Å². The molecule has 1 N–H and O–H groups in total. The van der Waals surface area contributed by atoms with Crippen molar-refractivity contribution in [2.45, 2.75) is 32.7 Å². The summed E-state index contributed by atoms with van der Waals surface area (Å²) in [7, 11) is 0. The van der Waals surface area contributed by atoms with Gasteiger partial charge in [-0.05, 0) is 22.6 Å². The smallest absolute Gasteiger partial charge is 0.0840 e. The van der Waals surface area contributed by atoms with Gasteiger partial charge in [0.05, 0.1) is 25.8 Å². The molecule has 0 bridgehead atoms. The summed E-state index contributed by atoms with van der Waals surface area (Å²) in [5.41, 5.74) is 3.26. The van der Waals surface area contributed by atoms with Crippen molar-refractivity contribution in [3.05, 3.63) is 61.5 Å². The average molecular weight is 377 g/mol. The molecule has 0 fully saturated rings. The molecule has 0 aliphatic rings. The Morgan fingerprint density at radius 3 is 2.00 bits per heavy atom. The van der Waals surface area contributed by atoms with E-state index in [1.54, 1.807) is 6.07 Å². The molecule has 0 aliphatic carbocycles. The van der Waals surface area contributed by atoms with E-state index < -0.39 is 0 Å². The zero-order chi connectivity index (χ0) is 16.5. The van der Waals surface area contributed by atoms with Crippen LogP contribution in [0.4, 0.5) is 5.69 Å². The van der Waals surface area contributed by atoms with Gasteiger partial charge in [-0.1, -0.05) is 91.4 Å². The van der Waals surface area contributed by atoms with Gasteiger partial charge in [0.15, 0.2) is 0 Å². The van der Waals surface area contributed by atoms with Gasteiger partial charge in [0, 0.05) is 6.54 Å². The monoisotopic (exact) mass is 375 g/mol. The number of benzene rings is 2. The fourth-order valence-electron chi connectivity index (χ4n) is 2.02. The van der Waals surface area contributed by atoms with Crippen molar-refractivity contribution < 1.29 is 0 Å². The summed E-state index contributed by atoms with van der Waals surface area (Å²) in [6.07, 6.45) is 0. The first-order valence-electron chi connectivity index (χ1n) is 6.86. The fraction of sp³-hybridized carbons (Fsp3) is 0.294. The summed E-state index contributed by atoms with van der Waals surface area (Å²) in [5, 5.41) is 4.53. The topological polar surface area (TPSA) is 12.0 Å². The molecule has 5 heteroatoms. The van der Waals surface area contributed by atoms with E-state index in [1.165, 1.54) is 5.56 Å². The molecule has 2 aromatic carbocycles. The van der Waals surface area contributed by atoms with Crippen molar-refractivity contribution in [2.75, 3.05) is 5.32 Å². The fourth-order valence-corrected chi connectivity index (χ4v) is 2.89. The molecule has 0 spiro atoms. The van der Waals surface area contributed by atoms with E-state index in [2.05, 4.69) is 50.4 Å². The van der Waals surface area contributed by atoms with Crippen LogP contribution in [0.2, 0.25) is 20.1 Å². The number of rotatable bonds is 3. The summed E-state index contributed by atoms with van der Waals surface area (Å²) in [4.78, 5) is 0. The molecule has 2 rings (SSSR count). The standard InChI is InChI=1S/C17H17Cl4N/c1-17(2,3)11-6-4-10(5-7-11)9-22-13-8-12(18)14(19)16(21)15(13)20/h4-8,22H,9H2,1-3H3. The summed E-state index contributed by atoms with van der Waals surface area (Å²) in [5.74, 6) is 0. The van der Waals surface area contributed by atoms with Crippen LogP contribution < -0.4 is 5.32 Å². The predicted octanol–water partition coefficient (Wildman–Crippen LogP) is 7.21. The Kier molecular flexibility index (Phi) is 5.55. The van der Waals surface area contributed by atoms with Crippen molar-refractivity contribution in [3.63, 3.8) is 0 Å². The molecular formula is C17H17Cl4N. The lowest BCUT2D eigenvalue weighted by Gasteiger charge is -2.19. The number of nitrogens with one attached hydrogen (secondary N) is 1. The lowest BCUT2D eigenvalue weighted by atomic mass is 9.87. The van der Waals surface area contributed by atoms with Gasteiger partial charge in [-0.15, -0.1) is 0 Å². The normalized spacial score (nSPS) is 11.6. The van der Waals surface area contributed by atoms with Crippen LogP contribution in [0.1, 0.15) is 31.9 Å². The van der Waals surface area contributed by atoms with Crippen LogP contribution in [0.25, 0.3) is 0 Å². The lowest BCUT2D eigenvalue weighted by Crippen LogP contribution is -2.11. The van der Waals surface area contributed by atoms with Crippen LogP contribution >= 0.6 is 46.4 Å². The van der Waals surface area contributed by atoms with Crippen LogP contribution in [0.5, 0.6) is 0 Å². The minimum Gasteiger partial charge on any atom is -0.380 e. The molecule has 0 aromatic heterocycles. The largest absolute Gasteiger partial charge is 0.380 e. The minimum absolute atomic E-state index is 0.145. The van der Waals surface area contributed by atoms with Crippen molar-refractivity contribution in [1.82, 2.24) is 0 Å². The van der Waals surface area contributed by atoms with E-state index in [0.717, 1.165) is 5.56 Å². The summed E-state index contributed by atoms with van der Waals surface area (Å²) >= 11 is 24.2. The zero-order valence-electron chi connectivity index (χ0n) is 12.6. The Hall–Kier alpha value is -0.600. The molecule has 0 saturated carbocycles.